The molecule has 13 heteroatoms. The first-order chi connectivity index (χ1) is 25.1. The maximum atomic E-state index is 14.3. The second-order valence-electron chi connectivity index (χ2n) is 14.1. The highest BCUT2D eigenvalue weighted by Gasteiger charge is 2.26. The summed E-state index contributed by atoms with van der Waals surface area (Å²) in [5, 5.41) is 18.1. The minimum Gasteiger partial charge on any atom is -0.384 e. The molecular weight excluding hydrogens is 661 g/mol. The summed E-state index contributed by atoms with van der Waals surface area (Å²) in [6.07, 6.45) is 5.65. The zero-order valence-electron chi connectivity index (χ0n) is 29.1. The van der Waals surface area contributed by atoms with E-state index < -0.39 is 11.4 Å². The Bertz CT molecular complexity index is 2400. The molecule has 6 heterocycles. The molecule has 2 aliphatic rings. The average molecular weight is 702 g/mol. The first kappa shape index (κ1) is 33.5. The molecule has 0 aliphatic carbocycles. The van der Waals surface area contributed by atoms with Gasteiger partial charge in [-0.1, -0.05) is 36.4 Å². The van der Waals surface area contributed by atoms with Crippen LogP contribution in [0.5, 0.6) is 0 Å². The smallest absolute Gasteiger partial charge is 0.278 e. The van der Waals surface area contributed by atoms with Crippen molar-refractivity contribution in [2.45, 2.75) is 57.8 Å². The number of piperidine rings is 1. The lowest BCUT2D eigenvalue weighted by molar-refractivity contribution is 0.0737. The lowest BCUT2D eigenvalue weighted by Gasteiger charge is -2.32. The Labute approximate surface area is 299 Å². The summed E-state index contributed by atoms with van der Waals surface area (Å²) in [7, 11) is 0. The van der Waals surface area contributed by atoms with Gasteiger partial charge in [-0.2, -0.15) is 4.98 Å². The van der Waals surface area contributed by atoms with Gasteiger partial charge in [-0.15, -0.1) is 6.58 Å². The molecule has 12 nitrogen and oxygen atoms in total. The molecule has 2 aromatic carbocycles. The van der Waals surface area contributed by atoms with E-state index in [1.165, 1.54) is 22.4 Å². The minimum atomic E-state index is -1.16. The Balaban J connectivity index is 0.957. The summed E-state index contributed by atoms with van der Waals surface area (Å²) in [4.78, 5) is 45.7. The van der Waals surface area contributed by atoms with Crippen LogP contribution in [0.4, 0.5) is 10.3 Å². The molecule has 4 N–H and O–H groups in total. The lowest BCUT2D eigenvalue weighted by Crippen LogP contribution is -2.39. The highest BCUT2D eigenvalue weighted by molar-refractivity contribution is 6.10. The summed E-state index contributed by atoms with van der Waals surface area (Å²) < 4.78 is 17.5. The van der Waals surface area contributed by atoms with Crippen molar-refractivity contribution in [2.24, 2.45) is 0 Å². The fraction of sp³-hybridized carbons (Fsp3) is 0.308. The number of carbonyl (C=O) groups is 1. The number of nitrogens with zero attached hydrogens (tertiary/aromatic N) is 6. The zero-order chi connectivity index (χ0) is 36.1. The number of allylic oxidation sites excluding steroid dienone is 1. The number of aromatic amines is 1. The third kappa shape index (κ3) is 6.15. The summed E-state index contributed by atoms with van der Waals surface area (Å²) in [6, 6.07) is 16.7. The molecule has 0 unspecified atom stereocenters. The van der Waals surface area contributed by atoms with Crippen molar-refractivity contribution < 1.29 is 14.3 Å². The first-order valence-corrected chi connectivity index (χ1v) is 17.6. The van der Waals surface area contributed by atoms with E-state index >= 15 is 0 Å². The number of carbonyl (C=O) groups excluding carboxylic acids is 1. The van der Waals surface area contributed by atoms with E-state index in [1.54, 1.807) is 49.0 Å². The van der Waals surface area contributed by atoms with E-state index in [-0.39, 0.29) is 24.1 Å². The molecule has 1 saturated heterocycles. The van der Waals surface area contributed by atoms with Gasteiger partial charge in [0, 0.05) is 55.0 Å². The fourth-order valence-corrected chi connectivity index (χ4v) is 7.39. The van der Waals surface area contributed by atoms with Crippen molar-refractivity contribution in [2.75, 3.05) is 25.0 Å². The summed E-state index contributed by atoms with van der Waals surface area (Å²) in [6.45, 7) is 10.5. The molecule has 6 aromatic rings. The van der Waals surface area contributed by atoms with Crippen LogP contribution in [0.2, 0.25) is 0 Å². The summed E-state index contributed by atoms with van der Waals surface area (Å²) in [5.74, 6) is 0.217. The van der Waals surface area contributed by atoms with E-state index in [1.807, 2.05) is 0 Å². The highest BCUT2D eigenvalue weighted by Crippen LogP contribution is 2.35. The van der Waals surface area contributed by atoms with Crippen molar-refractivity contribution in [3.05, 3.63) is 112 Å². The normalized spacial score (nSPS) is 15.6. The van der Waals surface area contributed by atoms with Gasteiger partial charge in [0.05, 0.1) is 17.8 Å². The van der Waals surface area contributed by atoms with Gasteiger partial charge in [0.25, 0.3) is 11.5 Å². The molecule has 0 saturated carbocycles. The van der Waals surface area contributed by atoms with Gasteiger partial charge in [-0.3, -0.25) is 14.5 Å². The fourth-order valence-electron chi connectivity index (χ4n) is 7.39. The van der Waals surface area contributed by atoms with Crippen LogP contribution in [0.3, 0.4) is 0 Å². The van der Waals surface area contributed by atoms with Gasteiger partial charge < -0.3 is 20.7 Å². The molecule has 52 heavy (non-hydrogen) atoms. The van der Waals surface area contributed by atoms with Gasteiger partial charge in [0.15, 0.2) is 11.5 Å². The van der Waals surface area contributed by atoms with Gasteiger partial charge in [-0.05, 0) is 74.1 Å². The maximum Gasteiger partial charge on any atom is 0.278 e. The van der Waals surface area contributed by atoms with Crippen LogP contribution < -0.4 is 16.2 Å². The van der Waals surface area contributed by atoms with Crippen molar-refractivity contribution in [3.8, 4) is 17.1 Å². The molecule has 1 amide bonds. The standard InChI is InChI=1S/C39H40FN9O3/c1-4-16-48-37(51)29-21-42-38(46-35(29)49(48)32-7-5-6-31(45-32)39(2,3)52)43-26-13-17-47(18-14-26)22-23-8-10-24(11-9-23)34-27-12-15-41-36(50)28-19-25(40)20-30(44-34)33(27)28/h4-11,19-21,26,44,52H,1,12-18,22H2,2-3H3,(H,41,50)(H,42,43,46). The van der Waals surface area contributed by atoms with Crippen LogP contribution in [-0.2, 0) is 25.1 Å². The van der Waals surface area contributed by atoms with Crippen LogP contribution in [0, 0.1) is 5.82 Å². The Morgan fingerprint density at radius 1 is 1.10 bits per heavy atom. The van der Waals surface area contributed by atoms with E-state index in [0.717, 1.165) is 54.7 Å². The number of rotatable bonds is 9. The van der Waals surface area contributed by atoms with Gasteiger partial charge in [0.2, 0.25) is 5.95 Å². The van der Waals surface area contributed by atoms with Crippen molar-refractivity contribution >= 4 is 33.8 Å². The van der Waals surface area contributed by atoms with Gasteiger partial charge in [-0.25, -0.2) is 23.7 Å². The van der Waals surface area contributed by atoms with Gasteiger partial charge >= 0.3 is 0 Å². The van der Waals surface area contributed by atoms with Crippen molar-refractivity contribution in [3.63, 3.8) is 0 Å². The monoisotopic (exact) mass is 701 g/mol. The van der Waals surface area contributed by atoms with Crippen molar-refractivity contribution in [1.29, 1.82) is 0 Å². The third-order valence-electron chi connectivity index (χ3n) is 10.00. The number of hydrogen-bond acceptors (Lipinski definition) is 8. The minimum absolute atomic E-state index is 0.155. The molecule has 0 radical (unpaired) electrons. The number of pyridine rings is 1. The Morgan fingerprint density at radius 3 is 2.63 bits per heavy atom. The van der Waals surface area contributed by atoms with E-state index in [0.29, 0.717) is 52.5 Å². The largest absolute Gasteiger partial charge is 0.384 e. The average Bonchev–Trinajstić information content (AvgIpc) is 3.56. The molecule has 2 aliphatic heterocycles. The van der Waals surface area contributed by atoms with E-state index in [9.17, 15) is 19.1 Å². The Hall–Kier alpha value is -5.66. The van der Waals surface area contributed by atoms with Crippen molar-refractivity contribution in [1.82, 2.24) is 39.5 Å². The van der Waals surface area contributed by atoms with E-state index in [2.05, 4.69) is 61.3 Å². The second-order valence-corrected chi connectivity index (χ2v) is 14.1. The number of aliphatic hydroxyl groups is 1. The van der Waals surface area contributed by atoms with Gasteiger partial charge in [0.1, 0.15) is 16.8 Å². The summed E-state index contributed by atoms with van der Waals surface area (Å²) in [5.41, 5.74) is 4.65. The molecular formula is C39H40FN9O3. The number of likely N-dealkylation sites (tertiary alicyclic amines) is 1. The number of hydrogen-bond donors (Lipinski definition) is 4. The maximum absolute atomic E-state index is 14.3. The predicted octanol–water partition coefficient (Wildman–Crippen LogP) is 5.04. The predicted molar refractivity (Wildman–Crippen MR) is 198 cm³/mol. The number of halogens is 1. The first-order valence-electron chi connectivity index (χ1n) is 17.6. The quantitative estimate of drug-likeness (QED) is 0.154. The van der Waals surface area contributed by atoms with E-state index in [4.69, 9.17) is 4.98 Å². The number of H-pyrrole nitrogens is 1. The Morgan fingerprint density at radius 2 is 1.88 bits per heavy atom. The number of fused-ring (bicyclic) bond motifs is 1. The third-order valence-corrected chi connectivity index (χ3v) is 10.00. The number of benzene rings is 2. The SMILES string of the molecule is C=CCn1c(=O)c2cnc(NC3CCN(Cc4ccc(-c5[nH]c6cc(F)cc7c6c5CCNC7=O)cc4)CC3)nc2n1-c1cccc(C(C)(C)O)n1. The molecule has 0 spiro atoms. The Kier molecular flexibility index (Phi) is 8.47. The number of amides is 1. The van der Waals surface area contributed by atoms with Crippen LogP contribution in [0.1, 0.15) is 53.9 Å². The van der Waals surface area contributed by atoms with Crippen LogP contribution in [0.15, 0.2) is 78.2 Å². The zero-order valence-corrected chi connectivity index (χ0v) is 29.1. The summed E-state index contributed by atoms with van der Waals surface area (Å²) >= 11 is 0. The lowest BCUT2D eigenvalue weighted by atomic mass is 9.99. The highest BCUT2D eigenvalue weighted by atomic mass is 19.1. The number of nitrogens with one attached hydrogen (secondary N) is 3. The number of anilines is 1. The molecule has 0 atom stereocenters. The van der Waals surface area contributed by atoms with Crippen LogP contribution in [0.25, 0.3) is 39.0 Å². The molecule has 1 fully saturated rings. The van der Waals surface area contributed by atoms with Crippen LogP contribution >= 0.6 is 0 Å². The molecule has 0 bridgehead atoms. The molecule has 4 aromatic heterocycles. The molecule has 266 valence electrons. The second kappa shape index (κ2) is 13.1. The molecule has 8 rings (SSSR count). The van der Waals surface area contributed by atoms with Crippen LogP contribution in [-0.4, -0.2) is 70.9 Å². The number of aromatic nitrogens is 6. The topological polar surface area (TPSA) is 146 Å².